The van der Waals surface area contributed by atoms with Crippen LogP contribution < -0.4 is 15.4 Å². The fourth-order valence-electron chi connectivity index (χ4n) is 2.90. The summed E-state index contributed by atoms with van der Waals surface area (Å²) < 4.78 is 4.19. The lowest BCUT2D eigenvalue weighted by Gasteiger charge is -2.37. The van der Waals surface area contributed by atoms with Gasteiger partial charge in [0, 0.05) is 0 Å². The smallest absolute Gasteiger partial charge is 0.120 e. The Hall–Kier alpha value is -0.866. The molecule has 2 aromatic carbocycles. The zero-order valence-corrected chi connectivity index (χ0v) is 18.2. The Morgan fingerprint density at radius 2 is 1.09 bits per heavy atom. The van der Waals surface area contributed by atoms with Crippen LogP contribution in [0.2, 0.25) is 39.3 Å². The lowest BCUT2D eigenvalue weighted by atomic mass is 10.4. The molecule has 0 fully saturated rings. The minimum Gasteiger partial charge on any atom is -0.311 e. The van der Waals surface area contributed by atoms with Crippen LogP contribution >= 0.6 is 7.04 Å². The number of hydrogen-bond acceptors (Lipinski definition) is 1. The third-order valence-corrected chi connectivity index (χ3v) is 14.4. The fraction of sp³-hybridized carbons (Fsp3) is 0.316. The molecule has 0 bridgehead atoms. The van der Waals surface area contributed by atoms with Crippen LogP contribution in [0.3, 0.4) is 0 Å². The first kappa shape index (κ1) is 18.5. The van der Waals surface area contributed by atoms with E-state index in [4.69, 9.17) is 0 Å². The standard InChI is InChI=1S/C19H30NPSi2/c1-22(2,3)17-21(20-23(4,5)6,18-13-9-7-10-14-18)19-15-11-8-12-16-19/h7-17,20H,1-6H3. The van der Waals surface area contributed by atoms with E-state index in [1.165, 1.54) is 10.6 Å². The molecule has 0 aromatic heterocycles. The minimum absolute atomic E-state index is 1.37. The van der Waals surface area contributed by atoms with Crippen LogP contribution in [0.25, 0.3) is 0 Å². The lowest BCUT2D eigenvalue weighted by molar-refractivity contribution is 1.42. The predicted molar refractivity (Wildman–Crippen MR) is 115 cm³/mol. The summed E-state index contributed by atoms with van der Waals surface area (Å²) in [6.07, 6.45) is 0. The van der Waals surface area contributed by atoms with E-state index in [-0.39, 0.29) is 0 Å². The largest absolute Gasteiger partial charge is 0.311 e. The topological polar surface area (TPSA) is 12.0 Å². The fourth-order valence-corrected chi connectivity index (χ4v) is 16.4. The van der Waals surface area contributed by atoms with Crippen LogP contribution in [0.1, 0.15) is 0 Å². The molecule has 0 atom stereocenters. The Morgan fingerprint density at radius 1 is 0.696 bits per heavy atom. The molecule has 0 amide bonds. The molecule has 0 radical (unpaired) electrons. The van der Waals surface area contributed by atoms with Crippen molar-refractivity contribution >= 4 is 39.4 Å². The molecule has 1 nitrogen and oxygen atoms in total. The molecule has 2 rings (SSSR count). The van der Waals surface area contributed by atoms with Gasteiger partial charge in [-0.1, -0.05) is 105 Å². The van der Waals surface area contributed by atoms with Crippen molar-refractivity contribution in [2.24, 2.45) is 0 Å². The van der Waals surface area contributed by atoms with Crippen LogP contribution in [0, 0.1) is 0 Å². The van der Waals surface area contributed by atoms with Crippen LogP contribution in [-0.2, 0) is 0 Å². The first-order valence-electron chi connectivity index (χ1n) is 8.29. The Labute approximate surface area is 144 Å². The number of nitrogens with one attached hydrogen (secondary N) is 1. The van der Waals surface area contributed by atoms with Gasteiger partial charge in [0.15, 0.2) is 0 Å². The molecule has 124 valence electrons. The summed E-state index contributed by atoms with van der Waals surface area (Å²) in [5, 5.41) is 2.91. The van der Waals surface area contributed by atoms with Crippen LogP contribution in [0.15, 0.2) is 60.7 Å². The molecule has 0 saturated carbocycles. The summed E-state index contributed by atoms with van der Waals surface area (Å²) in [5.41, 5.74) is 2.73. The van der Waals surface area contributed by atoms with Crippen LogP contribution in [-0.4, -0.2) is 21.7 Å². The van der Waals surface area contributed by atoms with E-state index < -0.39 is 23.3 Å². The van der Waals surface area contributed by atoms with Gasteiger partial charge in [0.2, 0.25) is 0 Å². The van der Waals surface area contributed by atoms with Gasteiger partial charge in [-0.15, -0.1) is 0 Å². The highest BCUT2D eigenvalue weighted by Gasteiger charge is 2.30. The first-order chi connectivity index (χ1) is 10.6. The van der Waals surface area contributed by atoms with E-state index in [2.05, 4.69) is 110 Å². The average molecular weight is 360 g/mol. The van der Waals surface area contributed by atoms with Crippen LogP contribution in [0.4, 0.5) is 0 Å². The lowest BCUT2D eigenvalue weighted by Crippen LogP contribution is -2.46. The summed E-state index contributed by atoms with van der Waals surface area (Å²) in [7, 11) is -4.54. The van der Waals surface area contributed by atoms with Gasteiger partial charge in [-0.3, -0.25) is 0 Å². The van der Waals surface area contributed by atoms with Crippen LogP contribution in [0.5, 0.6) is 0 Å². The van der Waals surface area contributed by atoms with E-state index in [9.17, 15) is 0 Å². The third-order valence-electron chi connectivity index (χ3n) is 3.42. The van der Waals surface area contributed by atoms with Crippen molar-refractivity contribution in [2.45, 2.75) is 39.3 Å². The quantitative estimate of drug-likeness (QED) is 0.604. The SMILES string of the molecule is C[Si](C)(C)C=P(N[Si](C)(C)C)(c1ccccc1)c1ccccc1. The van der Waals surface area contributed by atoms with Gasteiger partial charge in [0.25, 0.3) is 0 Å². The van der Waals surface area contributed by atoms with E-state index >= 15 is 0 Å². The summed E-state index contributed by atoms with van der Waals surface area (Å²) in [6.45, 7) is 14.6. The van der Waals surface area contributed by atoms with Crippen molar-refractivity contribution in [1.29, 1.82) is 0 Å². The molecule has 0 aliphatic rings. The molecule has 0 spiro atoms. The third kappa shape index (κ3) is 5.05. The van der Waals surface area contributed by atoms with E-state index in [0.717, 1.165) is 0 Å². The van der Waals surface area contributed by atoms with E-state index in [0.29, 0.717) is 0 Å². The average Bonchev–Trinajstić information content (AvgIpc) is 2.45. The zero-order chi connectivity index (χ0) is 17.1. The second-order valence-corrected chi connectivity index (χ2v) is 21.9. The number of benzene rings is 2. The molecule has 1 N–H and O–H groups in total. The van der Waals surface area contributed by atoms with Crippen molar-refractivity contribution in [3.8, 4) is 0 Å². The van der Waals surface area contributed by atoms with Gasteiger partial charge in [-0.25, -0.2) is 0 Å². The maximum atomic E-state index is 4.19. The first-order valence-corrected chi connectivity index (χ1v) is 17.2. The molecule has 0 heterocycles. The second-order valence-electron chi connectivity index (χ2n) is 8.25. The van der Waals surface area contributed by atoms with E-state index in [1.807, 2.05) is 0 Å². The van der Waals surface area contributed by atoms with Gasteiger partial charge in [0.05, 0.1) is 8.07 Å². The molecular weight excluding hydrogens is 329 g/mol. The van der Waals surface area contributed by atoms with Crippen molar-refractivity contribution in [3.63, 3.8) is 0 Å². The van der Waals surface area contributed by atoms with Crippen molar-refractivity contribution in [2.75, 3.05) is 0 Å². The van der Waals surface area contributed by atoms with Crippen molar-refractivity contribution < 1.29 is 0 Å². The highest BCUT2D eigenvalue weighted by molar-refractivity contribution is 7.90. The summed E-state index contributed by atoms with van der Waals surface area (Å²) in [5.74, 6) is 0. The Kier molecular flexibility index (Phi) is 5.57. The van der Waals surface area contributed by atoms with Gasteiger partial charge < -0.3 is 4.75 Å². The highest BCUT2D eigenvalue weighted by Crippen LogP contribution is 2.43. The zero-order valence-electron chi connectivity index (χ0n) is 15.3. The Bertz CT molecular complexity index is 639. The Morgan fingerprint density at radius 3 is 1.39 bits per heavy atom. The van der Waals surface area contributed by atoms with Gasteiger partial charge in [0.1, 0.15) is 8.24 Å². The molecular formula is C19H30NPSi2. The molecule has 0 aliphatic heterocycles. The van der Waals surface area contributed by atoms with Gasteiger partial charge >= 0.3 is 0 Å². The summed E-state index contributed by atoms with van der Waals surface area (Å²) >= 11 is 0. The molecule has 0 unspecified atom stereocenters. The Balaban J connectivity index is 2.82. The second kappa shape index (κ2) is 6.94. The van der Waals surface area contributed by atoms with Crippen molar-refractivity contribution in [3.05, 3.63) is 60.7 Å². The normalized spacial score (nSPS) is 13.0. The monoisotopic (exact) mass is 359 g/mol. The predicted octanol–water partition coefficient (Wildman–Crippen LogP) is 4.67. The maximum absolute atomic E-state index is 4.19. The number of hydrogen-bond donors (Lipinski definition) is 1. The molecule has 23 heavy (non-hydrogen) atoms. The molecule has 2 aromatic rings. The highest BCUT2D eigenvalue weighted by atomic mass is 31.2. The molecule has 0 saturated heterocycles. The van der Waals surface area contributed by atoms with Gasteiger partial charge in [-0.2, -0.15) is 0 Å². The minimum atomic E-state index is -1.70. The van der Waals surface area contributed by atoms with E-state index in [1.54, 1.807) is 0 Å². The summed E-state index contributed by atoms with van der Waals surface area (Å²) in [4.78, 5) is 0. The molecule has 4 heteroatoms. The number of rotatable bonds is 5. The molecule has 0 aliphatic carbocycles. The van der Waals surface area contributed by atoms with Gasteiger partial charge in [-0.05, 0) is 17.6 Å². The summed E-state index contributed by atoms with van der Waals surface area (Å²) in [6, 6.07) is 22.2. The van der Waals surface area contributed by atoms with Crippen molar-refractivity contribution in [1.82, 2.24) is 4.75 Å². The maximum Gasteiger partial charge on any atom is 0.120 e.